The second kappa shape index (κ2) is 6.24. The summed E-state index contributed by atoms with van der Waals surface area (Å²) in [7, 11) is 0. The molecule has 5 heteroatoms. The zero-order chi connectivity index (χ0) is 15.5. The van der Waals surface area contributed by atoms with Crippen LogP contribution in [0.25, 0.3) is 0 Å². The summed E-state index contributed by atoms with van der Waals surface area (Å²) in [6.07, 6.45) is 1.68. The summed E-state index contributed by atoms with van der Waals surface area (Å²) in [6.45, 7) is 7.40. The van der Waals surface area contributed by atoms with Gasteiger partial charge in [0.2, 0.25) is 0 Å². The number of nitrogens with one attached hydrogen (secondary N) is 1. The van der Waals surface area contributed by atoms with E-state index in [1.807, 2.05) is 45.0 Å². The third-order valence-corrected chi connectivity index (χ3v) is 3.40. The van der Waals surface area contributed by atoms with Gasteiger partial charge in [0, 0.05) is 30.5 Å². The number of carbonyl (C=O) groups excluding carboxylic acids is 1. The number of nitrogens with two attached hydrogens (primary N) is 1. The predicted molar refractivity (Wildman–Crippen MR) is 85.5 cm³/mol. The molecule has 1 amide bonds. The molecule has 0 unspecified atom stereocenters. The lowest BCUT2D eigenvalue weighted by atomic mass is 10.0. The Balaban J connectivity index is 1.91. The first-order valence-corrected chi connectivity index (χ1v) is 7.43. The molecule has 0 saturated carbocycles. The number of rotatable bonds is 2. The zero-order valence-corrected chi connectivity index (χ0v) is 13.1. The molecular weight excluding hydrogens is 266 g/mol. The second-order valence-corrected chi connectivity index (χ2v) is 6.52. The molecule has 1 aromatic rings. The highest BCUT2D eigenvalue weighted by Crippen LogP contribution is 2.21. The highest BCUT2D eigenvalue weighted by atomic mass is 16.6. The van der Waals surface area contributed by atoms with Gasteiger partial charge in [-0.3, -0.25) is 0 Å². The van der Waals surface area contributed by atoms with Gasteiger partial charge in [-0.1, -0.05) is 0 Å². The van der Waals surface area contributed by atoms with Crippen LogP contribution < -0.4 is 16.0 Å². The van der Waals surface area contributed by atoms with Crippen LogP contribution in [0.3, 0.4) is 0 Å². The molecule has 1 aromatic carbocycles. The molecule has 0 radical (unpaired) electrons. The average Bonchev–Trinajstić information content (AvgIpc) is 2.37. The number of carbonyl (C=O) groups is 1. The van der Waals surface area contributed by atoms with E-state index in [4.69, 9.17) is 10.5 Å². The Labute approximate surface area is 126 Å². The molecule has 2 rings (SSSR count). The first-order chi connectivity index (χ1) is 9.83. The highest BCUT2D eigenvalue weighted by molar-refractivity contribution is 5.68. The molecule has 1 saturated heterocycles. The van der Waals surface area contributed by atoms with E-state index in [0.29, 0.717) is 0 Å². The van der Waals surface area contributed by atoms with Crippen LogP contribution in [0, 0.1) is 0 Å². The molecule has 0 aliphatic carbocycles. The summed E-state index contributed by atoms with van der Waals surface area (Å²) in [5, 5.41) is 2.96. The number of nitrogen functional groups attached to an aromatic ring is 1. The molecular formula is C16H25N3O2. The van der Waals surface area contributed by atoms with Crippen LogP contribution in [0.4, 0.5) is 16.2 Å². The van der Waals surface area contributed by atoms with Gasteiger partial charge in [-0.25, -0.2) is 4.79 Å². The summed E-state index contributed by atoms with van der Waals surface area (Å²) >= 11 is 0. The van der Waals surface area contributed by atoms with E-state index in [1.54, 1.807) is 0 Å². The predicted octanol–water partition coefficient (Wildman–Crippen LogP) is 2.76. The molecule has 1 fully saturated rings. The van der Waals surface area contributed by atoms with Gasteiger partial charge in [-0.2, -0.15) is 0 Å². The van der Waals surface area contributed by atoms with Crippen LogP contribution in [0.15, 0.2) is 24.3 Å². The number of benzene rings is 1. The maximum atomic E-state index is 11.8. The van der Waals surface area contributed by atoms with Crippen LogP contribution in [-0.4, -0.2) is 30.8 Å². The lowest BCUT2D eigenvalue weighted by Gasteiger charge is -2.35. The lowest BCUT2D eigenvalue weighted by Crippen LogP contribution is -2.49. The minimum atomic E-state index is -0.463. The quantitative estimate of drug-likeness (QED) is 0.822. The Morgan fingerprint density at radius 3 is 2.62 bits per heavy atom. The van der Waals surface area contributed by atoms with Gasteiger partial charge in [0.15, 0.2) is 0 Å². The molecule has 21 heavy (non-hydrogen) atoms. The van der Waals surface area contributed by atoms with Crippen molar-refractivity contribution in [3.05, 3.63) is 24.3 Å². The number of hydrogen-bond donors (Lipinski definition) is 2. The van der Waals surface area contributed by atoms with Crippen molar-refractivity contribution in [1.82, 2.24) is 5.32 Å². The second-order valence-electron chi connectivity index (χ2n) is 6.52. The van der Waals surface area contributed by atoms with Crippen LogP contribution in [0.5, 0.6) is 0 Å². The van der Waals surface area contributed by atoms with Gasteiger partial charge in [0.25, 0.3) is 0 Å². The topological polar surface area (TPSA) is 67.6 Å². The van der Waals surface area contributed by atoms with Gasteiger partial charge in [-0.05, 0) is 57.9 Å². The minimum absolute atomic E-state index is 0.117. The van der Waals surface area contributed by atoms with Crippen LogP contribution in [0.1, 0.15) is 33.6 Å². The van der Waals surface area contributed by atoms with Crippen LogP contribution >= 0.6 is 0 Å². The molecule has 3 N–H and O–H groups in total. The molecule has 0 spiro atoms. The number of nitrogens with zero attached hydrogens (tertiary/aromatic N) is 1. The Morgan fingerprint density at radius 2 is 2.00 bits per heavy atom. The summed E-state index contributed by atoms with van der Waals surface area (Å²) < 4.78 is 5.31. The van der Waals surface area contributed by atoms with Gasteiger partial charge < -0.3 is 20.7 Å². The third-order valence-electron chi connectivity index (χ3n) is 3.40. The summed E-state index contributed by atoms with van der Waals surface area (Å²) in [4.78, 5) is 14.1. The van der Waals surface area contributed by atoms with Gasteiger partial charge in [0.1, 0.15) is 5.60 Å². The molecule has 1 atom stereocenters. The van der Waals surface area contributed by atoms with E-state index in [9.17, 15) is 4.79 Å². The van der Waals surface area contributed by atoms with Crippen LogP contribution in [0.2, 0.25) is 0 Å². The van der Waals surface area contributed by atoms with Crippen molar-refractivity contribution in [1.29, 1.82) is 0 Å². The van der Waals surface area contributed by atoms with Gasteiger partial charge in [0.05, 0.1) is 0 Å². The number of ether oxygens (including phenoxy) is 1. The summed E-state index contributed by atoms with van der Waals surface area (Å²) in [5.41, 5.74) is 7.16. The monoisotopic (exact) mass is 291 g/mol. The SMILES string of the molecule is CC(C)(C)OC(=O)N[C@@H]1CCCN(c2ccc(N)cc2)C1. The maximum absolute atomic E-state index is 11.8. The first kappa shape index (κ1) is 15.5. The summed E-state index contributed by atoms with van der Waals surface area (Å²) in [6, 6.07) is 7.96. The average molecular weight is 291 g/mol. The van der Waals surface area contributed by atoms with Crippen molar-refractivity contribution in [2.45, 2.75) is 45.3 Å². The van der Waals surface area contributed by atoms with Crippen molar-refractivity contribution in [3.63, 3.8) is 0 Å². The molecule has 116 valence electrons. The molecule has 1 aliphatic rings. The molecule has 1 heterocycles. The Bertz CT molecular complexity index is 479. The minimum Gasteiger partial charge on any atom is -0.444 e. The summed E-state index contributed by atoms with van der Waals surface area (Å²) in [5.74, 6) is 0. The fraction of sp³-hybridized carbons (Fsp3) is 0.562. The first-order valence-electron chi connectivity index (χ1n) is 7.43. The highest BCUT2D eigenvalue weighted by Gasteiger charge is 2.24. The standard InChI is InChI=1S/C16H25N3O2/c1-16(2,3)21-15(20)18-13-5-4-10-19(11-13)14-8-6-12(17)7-9-14/h6-9,13H,4-5,10-11,17H2,1-3H3,(H,18,20)/t13-/m1/s1. The van der Waals surface area contributed by atoms with Gasteiger partial charge in [-0.15, -0.1) is 0 Å². The fourth-order valence-electron chi connectivity index (χ4n) is 2.49. The molecule has 0 aromatic heterocycles. The Hall–Kier alpha value is -1.91. The molecule has 1 aliphatic heterocycles. The number of piperidine rings is 1. The van der Waals surface area contributed by atoms with E-state index in [0.717, 1.165) is 37.3 Å². The van der Waals surface area contributed by atoms with Crippen molar-refractivity contribution in [2.75, 3.05) is 23.7 Å². The van der Waals surface area contributed by atoms with E-state index < -0.39 is 5.60 Å². The number of hydrogen-bond acceptors (Lipinski definition) is 4. The smallest absolute Gasteiger partial charge is 0.407 e. The number of anilines is 2. The molecule has 0 bridgehead atoms. The van der Waals surface area contributed by atoms with E-state index in [2.05, 4.69) is 10.2 Å². The van der Waals surface area contributed by atoms with Crippen molar-refractivity contribution >= 4 is 17.5 Å². The fourth-order valence-corrected chi connectivity index (χ4v) is 2.49. The number of alkyl carbamates (subject to hydrolysis) is 1. The van der Waals surface area contributed by atoms with Crippen molar-refractivity contribution < 1.29 is 9.53 Å². The van der Waals surface area contributed by atoms with Crippen molar-refractivity contribution in [3.8, 4) is 0 Å². The van der Waals surface area contributed by atoms with E-state index in [-0.39, 0.29) is 12.1 Å². The largest absolute Gasteiger partial charge is 0.444 e. The Kier molecular flexibility index (Phi) is 4.60. The zero-order valence-electron chi connectivity index (χ0n) is 13.1. The Morgan fingerprint density at radius 1 is 1.33 bits per heavy atom. The third kappa shape index (κ3) is 4.85. The number of amides is 1. The normalized spacial score (nSPS) is 19.2. The lowest BCUT2D eigenvalue weighted by molar-refractivity contribution is 0.0500. The van der Waals surface area contributed by atoms with E-state index in [1.165, 1.54) is 0 Å². The van der Waals surface area contributed by atoms with E-state index >= 15 is 0 Å². The molecule has 5 nitrogen and oxygen atoms in total. The maximum Gasteiger partial charge on any atom is 0.407 e. The van der Waals surface area contributed by atoms with Crippen LogP contribution in [-0.2, 0) is 4.74 Å². The van der Waals surface area contributed by atoms with Crippen molar-refractivity contribution in [2.24, 2.45) is 0 Å². The van der Waals surface area contributed by atoms with Gasteiger partial charge >= 0.3 is 6.09 Å².